The third-order valence-electron chi connectivity index (χ3n) is 3.00. The van der Waals surface area contributed by atoms with Gasteiger partial charge in [0.15, 0.2) is 6.04 Å². The maximum Gasteiger partial charge on any atom is 0.164 e. The Kier molecular flexibility index (Phi) is 2.54. The lowest BCUT2D eigenvalue weighted by Gasteiger charge is -2.28. The number of nitriles is 1. The van der Waals surface area contributed by atoms with Gasteiger partial charge in [-0.3, -0.25) is 0 Å². The van der Waals surface area contributed by atoms with Crippen LogP contribution in [0.5, 0.6) is 0 Å². The van der Waals surface area contributed by atoms with Crippen LogP contribution in [0.2, 0.25) is 0 Å². The molecule has 1 aliphatic heterocycles. The van der Waals surface area contributed by atoms with Crippen LogP contribution in [-0.2, 0) is 0 Å². The molecule has 3 heteroatoms. The van der Waals surface area contributed by atoms with E-state index in [1.807, 2.05) is 54.6 Å². The van der Waals surface area contributed by atoms with E-state index >= 15 is 0 Å². The van der Waals surface area contributed by atoms with Crippen LogP contribution in [0.25, 0.3) is 0 Å². The molecule has 86 valence electrons. The number of hydrogen-bond acceptors (Lipinski definition) is 3. The first-order chi connectivity index (χ1) is 8.90. The summed E-state index contributed by atoms with van der Waals surface area (Å²) in [5.74, 6) is 0. The Labute approximate surface area is 106 Å². The van der Waals surface area contributed by atoms with Crippen molar-refractivity contribution in [1.82, 2.24) is 0 Å². The van der Waals surface area contributed by atoms with Crippen LogP contribution in [0, 0.1) is 11.3 Å². The molecule has 2 aromatic rings. The molecule has 0 bridgehead atoms. The fraction of sp³-hybridized carbons (Fsp3) is 0.0667. The zero-order valence-electron chi connectivity index (χ0n) is 9.69. The summed E-state index contributed by atoms with van der Waals surface area (Å²) in [5.41, 5.74) is 2.94. The van der Waals surface area contributed by atoms with Crippen LogP contribution >= 0.6 is 0 Å². The zero-order chi connectivity index (χ0) is 12.4. The van der Waals surface area contributed by atoms with Crippen molar-refractivity contribution in [2.24, 2.45) is 5.10 Å². The highest BCUT2D eigenvalue weighted by Crippen LogP contribution is 2.31. The summed E-state index contributed by atoms with van der Waals surface area (Å²) >= 11 is 0. The molecule has 0 aromatic heterocycles. The maximum atomic E-state index is 9.40. The summed E-state index contributed by atoms with van der Waals surface area (Å²) in [6, 6.07) is 19.6. The van der Waals surface area contributed by atoms with Crippen LogP contribution in [-0.4, -0.2) is 6.21 Å². The van der Waals surface area contributed by atoms with Gasteiger partial charge in [-0.15, -0.1) is 0 Å². The Hall–Kier alpha value is -2.60. The lowest BCUT2D eigenvalue weighted by molar-refractivity contribution is 0.761. The quantitative estimate of drug-likeness (QED) is 0.759. The van der Waals surface area contributed by atoms with Crippen LogP contribution in [0.15, 0.2) is 59.7 Å². The van der Waals surface area contributed by atoms with E-state index in [0.29, 0.717) is 0 Å². The molecule has 0 aliphatic carbocycles. The van der Waals surface area contributed by atoms with Crippen molar-refractivity contribution in [2.45, 2.75) is 6.04 Å². The number of benzene rings is 2. The van der Waals surface area contributed by atoms with Gasteiger partial charge in [-0.1, -0.05) is 42.5 Å². The van der Waals surface area contributed by atoms with Crippen molar-refractivity contribution in [3.05, 3.63) is 65.7 Å². The average Bonchev–Trinajstić information content (AvgIpc) is 2.47. The van der Waals surface area contributed by atoms with Crippen molar-refractivity contribution >= 4 is 11.9 Å². The second-order valence-electron chi connectivity index (χ2n) is 4.09. The summed E-state index contributed by atoms with van der Waals surface area (Å²) in [5, 5.41) is 15.5. The summed E-state index contributed by atoms with van der Waals surface area (Å²) in [6.07, 6.45) is 1.80. The van der Waals surface area contributed by atoms with Gasteiger partial charge in [0.2, 0.25) is 0 Å². The minimum absolute atomic E-state index is 0.367. The van der Waals surface area contributed by atoms with E-state index < -0.39 is 0 Å². The highest BCUT2D eigenvalue weighted by molar-refractivity contribution is 5.85. The largest absolute Gasteiger partial charge is 0.244 e. The highest BCUT2D eigenvalue weighted by Gasteiger charge is 2.25. The van der Waals surface area contributed by atoms with Gasteiger partial charge in [-0.2, -0.15) is 10.4 Å². The van der Waals surface area contributed by atoms with Gasteiger partial charge in [0, 0.05) is 5.56 Å². The molecule has 0 saturated heterocycles. The van der Waals surface area contributed by atoms with E-state index in [1.165, 1.54) is 0 Å². The van der Waals surface area contributed by atoms with E-state index in [9.17, 15) is 5.26 Å². The molecule has 3 rings (SSSR count). The Balaban J connectivity index is 2.09. The first-order valence-electron chi connectivity index (χ1n) is 5.77. The molecule has 0 N–H and O–H groups in total. The molecule has 3 nitrogen and oxygen atoms in total. The first-order valence-corrected chi connectivity index (χ1v) is 5.77. The van der Waals surface area contributed by atoms with Crippen molar-refractivity contribution in [2.75, 3.05) is 5.01 Å². The fourth-order valence-electron chi connectivity index (χ4n) is 2.12. The average molecular weight is 233 g/mol. The molecular weight excluding hydrogens is 222 g/mol. The van der Waals surface area contributed by atoms with Crippen LogP contribution in [0.1, 0.15) is 17.2 Å². The van der Waals surface area contributed by atoms with E-state index in [1.54, 1.807) is 11.2 Å². The standard InChI is InChI=1S/C15H11N3/c16-10-15-14-9-5-4-6-12(14)11-17-18(15)13-7-2-1-3-8-13/h1-9,11,15H. The molecule has 1 heterocycles. The lowest BCUT2D eigenvalue weighted by Crippen LogP contribution is -2.26. The molecule has 0 amide bonds. The van der Waals surface area contributed by atoms with Gasteiger partial charge < -0.3 is 0 Å². The number of rotatable bonds is 1. The summed E-state index contributed by atoms with van der Waals surface area (Å²) in [4.78, 5) is 0. The third-order valence-corrected chi connectivity index (χ3v) is 3.00. The number of para-hydroxylation sites is 1. The van der Waals surface area contributed by atoms with Gasteiger partial charge in [0.1, 0.15) is 0 Å². The molecule has 0 spiro atoms. The minimum Gasteiger partial charge on any atom is -0.244 e. The van der Waals surface area contributed by atoms with Crippen LogP contribution in [0.4, 0.5) is 5.69 Å². The number of hydrazone groups is 1. The normalized spacial score (nSPS) is 17.1. The fourth-order valence-corrected chi connectivity index (χ4v) is 2.12. The number of anilines is 1. The number of hydrogen-bond donors (Lipinski definition) is 0. The minimum atomic E-state index is -0.367. The molecule has 1 atom stereocenters. The summed E-state index contributed by atoms with van der Waals surface area (Å²) < 4.78 is 0. The summed E-state index contributed by atoms with van der Waals surface area (Å²) in [7, 11) is 0. The molecule has 0 radical (unpaired) electrons. The molecule has 0 fully saturated rings. The molecule has 2 aromatic carbocycles. The second-order valence-corrected chi connectivity index (χ2v) is 4.09. The molecule has 0 saturated carbocycles. The Bertz CT molecular complexity index is 626. The summed E-state index contributed by atoms with van der Waals surface area (Å²) in [6.45, 7) is 0. The van der Waals surface area contributed by atoms with Gasteiger partial charge >= 0.3 is 0 Å². The topological polar surface area (TPSA) is 39.4 Å². The van der Waals surface area contributed by atoms with Crippen molar-refractivity contribution in [3.63, 3.8) is 0 Å². The zero-order valence-corrected chi connectivity index (χ0v) is 9.69. The van der Waals surface area contributed by atoms with E-state index in [4.69, 9.17) is 0 Å². The highest BCUT2D eigenvalue weighted by atomic mass is 15.5. The Morgan fingerprint density at radius 2 is 1.72 bits per heavy atom. The Morgan fingerprint density at radius 1 is 1.00 bits per heavy atom. The maximum absolute atomic E-state index is 9.40. The SMILES string of the molecule is N#CC1c2ccccc2C=NN1c1ccccc1. The molecule has 18 heavy (non-hydrogen) atoms. The van der Waals surface area contributed by atoms with Crippen LogP contribution in [0.3, 0.4) is 0 Å². The van der Waals surface area contributed by atoms with Crippen molar-refractivity contribution < 1.29 is 0 Å². The predicted molar refractivity (Wildman–Crippen MR) is 71.3 cm³/mol. The van der Waals surface area contributed by atoms with Crippen molar-refractivity contribution in [1.29, 1.82) is 5.26 Å². The van der Waals surface area contributed by atoms with Crippen LogP contribution < -0.4 is 5.01 Å². The Morgan fingerprint density at radius 3 is 2.50 bits per heavy atom. The van der Waals surface area contributed by atoms with Crippen molar-refractivity contribution in [3.8, 4) is 6.07 Å². The molecule has 1 unspecified atom stereocenters. The van der Waals surface area contributed by atoms with Gasteiger partial charge in [0.25, 0.3) is 0 Å². The monoisotopic (exact) mass is 233 g/mol. The lowest BCUT2D eigenvalue weighted by atomic mass is 10.00. The molecule has 1 aliphatic rings. The smallest absolute Gasteiger partial charge is 0.164 e. The first kappa shape index (κ1) is 10.5. The number of nitrogens with zero attached hydrogens (tertiary/aromatic N) is 3. The van der Waals surface area contributed by atoms with Gasteiger partial charge in [-0.25, -0.2) is 5.01 Å². The predicted octanol–water partition coefficient (Wildman–Crippen LogP) is 3.11. The van der Waals surface area contributed by atoms with E-state index in [-0.39, 0.29) is 6.04 Å². The van der Waals surface area contributed by atoms with Gasteiger partial charge in [-0.05, 0) is 17.7 Å². The molecular formula is C15H11N3. The number of fused-ring (bicyclic) bond motifs is 1. The third kappa shape index (κ3) is 1.64. The second kappa shape index (κ2) is 4.34. The van der Waals surface area contributed by atoms with Gasteiger partial charge in [0.05, 0.1) is 18.0 Å². The van der Waals surface area contributed by atoms with E-state index in [0.717, 1.165) is 16.8 Å². The van der Waals surface area contributed by atoms with E-state index in [2.05, 4.69) is 11.2 Å².